The van der Waals surface area contributed by atoms with Crippen molar-refractivity contribution in [2.75, 3.05) is 14.1 Å². The number of nitrogens with zero attached hydrogens (tertiary/aromatic N) is 2. The normalized spacial score (nSPS) is 16.1. The lowest BCUT2D eigenvalue weighted by Crippen LogP contribution is -2.20. The van der Waals surface area contributed by atoms with Crippen LogP contribution in [0.2, 0.25) is 0 Å². The molecule has 0 fully saturated rings. The van der Waals surface area contributed by atoms with Gasteiger partial charge in [0.25, 0.3) is 0 Å². The molecule has 2 heteroatoms. The fourth-order valence-corrected chi connectivity index (χ4v) is 2.88. The zero-order chi connectivity index (χ0) is 13.0. The Kier molecular flexibility index (Phi) is 4.38. The third-order valence-electron chi connectivity index (χ3n) is 3.91. The summed E-state index contributed by atoms with van der Waals surface area (Å²) in [7, 11) is 4.20. The first kappa shape index (κ1) is 13.1. The maximum Gasteiger partial charge on any atom is 0.0622 e. The van der Waals surface area contributed by atoms with Crippen LogP contribution in [-0.4, -0.2) is 19.0 Å². The second-order valence-corrected chi connectivity index (χ2v) is 5.41. The number of nitriles is 1. The van der Waals surface area contributed by atoms with Gasteiger partial charge in [-0.25, -0.2) is 0 Å². The number of aryl methyl sites for hydroxylation is 2. The summed E-state index contributed by atoms with van der Waals surface area (Å²) in [5, 5.41) is 8.77. The monoisotopic (exact) mass is 242 g/mol. The van der Waals surface area contributed by atoms with Gasteiger partial charge in [0.1, 0.15) is 0 Å². The van der Waals surface area contributed by atoms with Gasteiger partial charge in [0.15, 0.2) is 0 Å². The Labute approximate surface area is 110 Å². The van der Waals surface area contributed by atoms with Crippen LogP contribution in [0.25, 0.3) is 0 Å². The van der Waals surface area contributed by atoms with E-state index in [2.05, 4.69) is 43.3 Å². The largest absolute Gasteiger partial charge is 0.302 e. The van der Waals surface area contributed by atoms with Crippen molar-refractivity contribution in [2.45, 2.75) is 44.6 Å². The van der Waals surface area contributed by atoms with Gasteiger partial charge in [-0.1, -0.05) is 18.2 Å². The molecule has 1 aliphatic rings. The molecule has 18 heavy (non-hydrogen) atoms. The highest BCUT2D eigenvalue weighted by molar-refractivity contribution is 5.35. The first-order chi connectivity index (χ1) is 8.72. The van der Waals surface area contributed by atoms with E-state index < -0.39 is 0 Å². The highest BCUT2D eigenvalue weighted by Gasteiger charge is 2.16. The van der Waals surface area contributed by atoms with E-state index in [1.807, 2.05) is 0 Å². The van der Waals surface area contributed by atoms with Gasteiger partial charge < -0.3 is 4.90 Å². The Morgan fingerprint density at radius 1 is 1.22 bits per heavy atom. The molecule has 0 aromatic heterocycles. The van der Waals surface area contributed by atoms with Crippen molar-refractivity contribution in [1.29, 1.82) is 5.26 Å². The van der Waals surface area contributed by atoms with Crippen molar-refractivity contribution in [3.63, 3.8) is 0 Å². The minimum Gasteiger partial charge on any atom is -0.302 e. The third-order valence-corrected chi connectivity index (χ3v) is 3.91. The van der Waals surface area contributed by atoms with Crippen LogP contribution in [-0.2, 0) is 12.8 Å². The van der Waals surface area contributed by atoms with Gasteiger partial charge in [-0.15, -0.1) is 0 Å². The first-order valence-electron chi connectivity index (χ1n) is 6.87. The maximum atomic E-state index is 8.77. The molecule has 0 bridgehead atoms. The van der Waals surface area contributed by atoms with E-state index in [9.17, 15) is 0 Å². The first-order valence-corrected chi connectivity index (χ1v) is 6.87. The molecule has 1 atom stereocenters. The minimum absolute atomic E-state index is 0.372. The molecule has 1 unspecified atom stereocenters. The van der Waals surface area contributed by atoms with Crippen molar-refractivity contribution < 1.29 is 0 Å². The predicted octanol–water partition coefficient (Wildman–Crippen LogP) is 3.47. The standard InChI is InChI=1S/C16H22N2/c1-18(2)16(8-5-11-17)15-10-9-13-6-3-4-7-14(13)12-15/h9-10,12,16H,3-8H2,1-2H3. The Morgan fingerprint density at radius 3 is 2.61 bits per heavy atom. The summed E-state index contributed by atoms with van der Waals surface area (Å²) >= 11 is 0. The molecule has 0 spiro atoms. The zero-order valence-electron chi connectivity index (χ0n) is 11.4. The Balaban J connectivity index is 2.22. The van der Waals surface area contributed by atoms with Gasteiger partial charge in [0.2, 0.25) is 0 Å². The van der Waals surface area contributed by atoms with Crippen LogP contribution in [0.1, 0.15) is 48.4 Å². The van der Waals surface area contributed by atoms with E-state index in [-0.39, 0.29) is 0 Å². The molecule has 1 aromatic rings. The van der Waals surface area contributed by atoms with E-state index >= 15 is 0 Å². The predicted molar refractivity (Wildman–Crippen MR) is 74.4 cm³/mol. The number of benzene rings is 1. The molecule has 0 saturated carbocycles. The summed E-state index contributed by atoms with van der Waals surface area (Å²) in [6, 6.07) is 9.56. The van der Waals surface area contributed by atoms with E-state index in [1.165, 1.54) is 42.4 Å². The van der Waals surface area contributed by atoms with Crippen LogP contribution in [0.15, 0.2) is 18.2 Å². The average Bonchev–Trinajstić information content (AvgIpc) is 2.38. The van der Waals surface area contributed by atoms with Crippen LogP contribution in [0.3, 0.4) is 0 Å². The van der Waals surface area contributed by atoms with Crippen molar-refractivity contribution in [3.05, 3.63) is 34.9 Å². The van der Waals surface area contributed by atoms with Crippen LogP contribution in [0.4, 0.5) is 0 Å². The fraction of sp³-hybridized carbons (Fsp3) is 0.562. The average molecular weight is 242 g/mol. The Hall–Kier alpha value is -1.33. The summed E-state index contributed by atoms with van der Waals surface area (Å²) in [5.74, 6) is 0. The lowest BCUT2D eigenvalue weighted by atomic mass is 9.88. The molecule has 2 nitrogen and oxygen atoms in total. The molecule has 0 N–H and O–H groups in total. The lowest BCUT2D eigenvalue weighted by Gasteiger charge is -2.26. The molecule has 1 aliphatic carbocycles. The summed E-state index contributed by atoms with van der Waals surface area (Å²) in [4.78, 5) is 2.22. The molecule has 96 valence electrons. The van der Waals surface area contributed by atoms with E-state index in [0.29, 0.717) is 12.5 Å². The van der Waals surface area contributed by atoms with Crippen molar-refractivity contribution in [3.8, 4) is 6.07 Å². The minimum atomic E-state index is 0.372. The molecular formula is C16H22N2. The molecule has 0 saturated heterocycles. The molecular weight excluding hydrogens is 220 g/mol. The van der Waals surface area contributed by atoms with E-state index in [4.69, 9.17) is 5.26 Å². The van der Waals surface area contributed by atoms with Crippen LogP contribution < -0.4 is 0 Å². The number of hydrogen-bond acceptors (Lipinski definition) is 2. The van der Waals surface area contributed by atoms with Crippen molar-refractivity contribution in [2.24, 2.45) is 0 Å². The number of rotatable bonds is 4. The van der Waals surface area contributed by atoms with Gasteiger partial charge in [-0.05, 0) is 62.9 Å². The molecule has 0 aliphatic heterocycles. The summed E-state index contributed by atoms with van der Waals surface area (Å²) in [5.41, 5.74) is 4.43. The van der Waals surface area contributed by atoms with Gasteiger partial charge in [-0.3, -0.25) is 0 Å². The highest BCUT2D eigenvalue weighted by Crippen LogP contribution is 2.28. The molecule has 2 rings (SSSR count). The van der Waals surface area contributed by atoms with Gasteiger partial charge in [0, 0.05) is 12.5 Å². The second-order valence-electron chi connectivity index (χ2n) is 5.41. The zero-order valence-corrected chi connectivity index (χ0v) is 11.4. The molecule has 1 aromatic carbocycles. The molecule has 0 radical (unpaired) electrons. The quantitative estimate of drug-likeness (QED) is 0.808. The Morgan fingerprint density at radius 2 is 1.94 bits per heavy atom. The topological polar surface area (TPSA) is 27.0 Å². The second kappa shape index (κ2) is 6.02. The smallest absolute Gasteiger partial charge is 0.0622 e. The van der Waals surface area contributed by atoms with E-state index in [0.717, 1.165) is 6.42 Å². The molecule has 0 amide bonds. The van der Waals surface area contributed by atoms with Gasteiger partial charge >= 0.3 is 0 Å². The summed E-state index contributed by atoms with van der Waals surface area (Å²) in [6.07, 6.45) is 6.66. The third kappa shape index (κ3) is 2.91. The van der Waals surface area contributed by atoms with Crippen LogP contribution in [0.5, 0.6) is 0 Å². The Bertz CT molecular complexity index is 443. The highest BCUT2D eigenvalue weighted by atomic mass is 15.1. The summed E-state index contributed by atoms with van der Waals surface area (Å²) < 4.78 is 0. The van der Waals surface area contributed by atoms with E-state index in [1.54, 1.807) is 0 Å². The lowest BCUT2D eigenvalue weighted by molar-refractivity contribution is 0.286. The van der Waals surface area contributed by atoms with Gasteiger partial charge in [-0.2, -0.15) is 5.26 Å². The maximum absolute atomic E-state index is 8.77. The van der Waals surface area contributed by atoms with Gasteiger partial charge in [0.05, 0.1) is 6.07 Å². The van der Waals surface area contributed by atoms with Crippen molar-refractivity contribution in [1.82, 2.24) is 4.90 Å². The SMILES string of the molecule is CN(C)C(CCC#N)c1ccc2c(c1)CCCC2. The number of hydrogen-bond donors (Lipinski definition) is 0. The van der Waals surface area contributed by atoms with Crippen LogP contribution >= 0.6 is 0 Å². The summed E-state index contributed by atoms with van der Waals surface area (Å²) in [6.45, 7) is 0. The fourth-order valence-electron chi connectivity index (χ4n) is 2.88. The van der Waals surface area contributed by atoms with Crippen LogP contribution in [0, 0.1) is 11.3 Å². The molecule has 0 heterocycles. The van der Waals surface area contributed by atoms with Crippen molar-refractivity contribution >= 4 is 0 Å². The number of fused-ring (bicyclic) bond motifs is 1.